The van der Waals surface area contributed by atoms with Crippen LogP contribution in [0.3, 0.4) is 0 Å². The predicted molar refractivity (Wildman–Crippen MR) is 59.3 cm³/mol. The molecule has 0 bridgehead atoms. The first-order valence-corrected chi connectivity index (χ1v) is 6.00. The molecule has 2 saturated heterocycles. The molecule has 2 amide bonds. The number of hydrogen-bond acceptors (Lipinski definition) is 3. The van der Waals surface area contributed by atoms with Gasteiger partial charge in [0.15, 0.2) is 0 Å². The predicted octanol–water partition coefficient (Wildman–Crippen LogP) is 0.354. The Bertz CT molecular complexity index is 309. The molecule has 2 heterocycles. The van der Waals surface area contributed by atoms with Crippen molar-refractivity contribution in [3.05, 3.63) is 12.7 Å². The highest BCUT2D eigenvalue weighted by molar-refractivity contribution is 8.01. The van der Waals surface area contributed by atoms with Gasteiger partial charge in [0.1, 0.15) is 0 Å². The topological polar surface area (TPSA) is 49.4 Å². The number of thioether (sulfide) groups is 1. The Kier molecular flexibility index (Phi) is 2.73. The summed E-state index contributed by atoms with van der Waals surface area (Å²) < 4.78 is 0. The molecule has 0 saturated carbocycles. The van der Waals surface area contributed by atoms with E-state index < -0.39 is 0 Å². The molecule has 0 aromatic rings. The summed E-state index contributed by atoms with van der Waals surface area (Å²) in [4.78, 5) is 24.2. The molecular weight excluding hydrogens is 212 g/mol. The first-order chi connectivity index (χ1) is 7.15. The van der Waals surface area contributed by atoms with E-state index in [9.17, 15) is 9.59 Å². The second-order valence-corrected chi connectivity index (χ2v) is 5.22. The molecule has 0 atom stereocenters. The Hall–Kier alpha value is -0.970. The summed E-state index contributed by atoms with van der Waals surface area (Å²) >= 11 is 1.67. The Labute approximate surface area is 93.1 Å². The highest BCUT2D eigenvalue weighted by Crippen LogP contribution is 2.37. The number of rotatable bonds is 1. The molecule has 2 aliphatic heterocycles. The molecule has 0 radical (unpaired) electrons. The number of piperidine rings is 1. The third kappa shape index (κ3) is 2.02. The molecule has 1 spiro atoms. The second-order valence-electron chi connectivity index (χ2n) is 3.86. The number of hydrogen-bond donors (Lipinski definition) is 1. The lowest BCUT2D eigenvalue weighted by Gasteiger charge is -2.37. The molecule has 4 nitrogen and oxygen atoms in total. The van der Waals surface area contributed by atoms with Gasteiger partial charge < -0.3 is 10.2 Å². The van der Waals surface area contributed by atoms with Crippen LogP contribution in [0, 0.1) is 0 Å². The number of nitrogens with zero attached hydrogens (tertiary/aromatic N) is 1. The number of carbonyl (C=O) groups excluding carboxylic acids is 2. The third-order valence-corrected chi connectivity index (χ3v) is 4.37. The summed E-state index contributed by atoms with van der Waals surface area (Å²) in [6.45, 7) is 4.88. The van der Waals surface area contributed by atoms with Crippen molar-refractivity contribution in [3.8, 4) is 0 Å². The number of carbonyl (C=O) groups is 2. The van der Waals surface area contributed by atoms with Crippen molar-refractivity contribution in [2.75, 3.05) is 18.8 Å². The highest BCUT2D eigenvalue weighted by Gasteiger charge is 2.41. The highest BCUT2D eigenvalue weighted by atomic mass is 32.2. The van der Waals surface area contributed by atoms with Crippen LogP contribution in [0.5, 0.6) is 0 Å². The first kappa shape index (κ1) is 10.5. The minimum Gasteiger partial charge on any atom is -0.341 e. The van der Waals surface area contributed by atoms with Gasteiger partial charge in [-0.25, -0.2) is 0 Å². The zero-order valence-electron chi connectivity index (χ0n) is 8.49. The van der Waals surface area contributed by atoms with Crippen LogP contribution in [0.1, 0.15) is 12.8 Å². The lowest BCUT2D eigenvalue weighted by molar-refractivity contribution is -0.127. The summed E-state index contributed by atoms with van der Waals surface area (Å²) in [6.07, 6.45) is 3.02. The van der Waals surface area contributed by atoms with Gasteiger partial charge in [0.05, 0.1) is 10.6 Å². The van der Waals surface area contributed by atoms with Gasteiger partial charge in [-0.05, 0) is 18.9 Å². The van der Waals surface area contributed by atoms with E-state index in [0.717, 1.165) is 12.8 Å². The maximum absolute atomic E-state index is 11.3. The van der Waals surface area contributed by atoms with Gasteiger partial charge in [0, 0.05) is 13.1 Å². The maximum Gasteiger partial charge on any atom is 0.245 e. The number of amides is 2. The van der Waals surface area contributed by atoms with E-state index in [2.05, 4.69) is 11.9 Å². The Morgan fingerprint density at radius 3 is 2.67 bits per heavy atom. The first-order valence-electron chi connectivity index (χ1n) is 5.01. The van der Waals surface area contributed by atoms with Crippen LogP contribution in [-0.4, -0.2) is 40.4 Å². The quantitative estimate of drug-likeness (QED) is 0.657. The van der Waals surface area contributed by atoms with E-state index in [-0.39, 0.29) is 16.7 Å². The van der Waals surface area contributed by atoms with Crippen LogP contribution in [0.25, 0.3) is 0 Å². The minimum absolute atomic E-state index is 0.0147. The molecule has 0 aliphatic carbocycles. The van der Waals surface area contributed by atoms with E-state index in [1.165, 1.54) is 6.08 Å². The average molecular weight is 226 g/mol. The fourth-order valence-electron chi connectivity index (χ4n) is 2.02. The van der Waals surface area contributed by atoms with Crippen LogP contribution < -0.4 is 5.32 Å². The van der Waals surface area contributed by atoms with Gasteiger partial charge in [0.25, 0.3) is 0 Å². The van der Waals surface area contributed by atoms with Crippen molar-refractivity contribution in [2.45, 2.75) is 17.7 Å². The summed E-state index contributed by atoms with van der Waals surface area (Å²) in [6, 6.07) is 0. The molecule has 2 rings (SSSR count). The van der Waals surface area contributed by atoms with Crippen molar-refractivity contribution in [2.24, 2.45) is 0 Å². The molecule has 82 valence electrons. The van der Waals surface area contributed by atoms with E-state index in [1.54, 1.807) is 16.7 Å². The molecular formula is C10H14N2O2S. The zero-order valence-corrected chi connectivity index (χ0v) is 9.31. The maximum atomic E-state index is 11.3. The summed E-state index contributed by atoms with van der Waals surface area (Å²) in [5, 5.41) is 3.01. The average Bonchev–Trinajstić information content (AvgIpc) is 2.60. The van der Waals surface area contributed by atoms with E-state index in [0.29, 0.717) is 18.8 Å². The van der Waals surface area contributed by atoms with Crippen molar-refractivity contribution in [1.82, 2.24) is 10.2 Å². The largest absolute Gasteiger partial charge is 0.341 e. The molecule has 0 aromatic carbocycles. The van der Waals surface area contributed by atoms with Crippen molar-refractivity contribution in [3.63, 3.8) is 0 Å². The lowest BCUT2D eigenvalue weighted by Crippen LogP contribution is -2.50. The Morgan fingerprint density at radius 1 is 1.53 bits per heavy atom. The standard InChI is InChI=1S/C10H14N2O2S/c1-2-9(14)12-5-3-10(4-6-12)11-8(13)7-15-10/h2H,1,3-7H2,(H,11,13). The van der Waals surface area contributed by atoms with E-state index in [1.807, 2.05) is 0 Å². The minimum atomic E-state index is -0.102. The fourth-order valence-corrected chi connectivity index (χ4v) is 3.15. The summed E-state index contributed by atoms with van der Waals surface area (Å²) in [7, 11) is 0. The van der Waals surface area contributed by atoms with E-state index in [4.69, 9.17) is 0 Å². The van der Waals surface area contributed by atoms with Gasteiger partial charge in [-0.2, -0.15) is 0 Å². The van der Waals surface area contributed by atoms with Gasteiger partial charge >= 0.3 is 0 Å². The van der Waals surface area contributed by atoms with Crippen LogP contribution in [-0.2, 0) is 9.59 Å². The van der Waals surface area contributed by atoms with Crippen molar-refractivity contribution in [1.29, 1.82) is 0 Å². The lowest BCUT2D eigenvalue weighted by atomic mass is 10.0. The molecule has 2 aliphatic rings. The molecule has 0 unspecified atom stereocenters. The van der Waals surface area contributed by atoms with Gasteiger partial charge in [-0.3, -0.25) is 9.59 Å². The van der Waals surface area contributed by atoms with Gasteiger partial charge in [0.2, 0.25) is 11.8 Å². The fraction of sp³-hybridized carbons (Fsp3) is 0.600. The Balaban J connectivity index is 1.94. The van der Waals surface area contributed by atoms with Crippen LogP contribution in [0.4, 0.5) is 0 Å². The number of nitrogens with one attached hydrogen (secondary N) is 1. The molecule has 0 aromatic heterocycles. The van der Waals surface area contributed by atoms with Crippen LogP contribution >= 0.6 is 11.8 Å². The van der Waals surface area contributed by atoms with Crippen LogP contribution in [0.2, 0.25) is 0 Å². The summed E-state index contributed by atoms with van der Waals surface area (Å²) in [5.74, 6) is 0.651. The SMILES string of the molecule is C=CC(=O)N1CCC2(CC1)NC(=O)CS2. The van der Waals surface area contributed by atoms with Gasteiger partial charge in [-0.1, -0.05) is 6.58 Å². The normalized spacial score (nSPS) is 24.0. The molecule has 15 heavy (non-hydrogen) atoms. The van der Waals surface area contributed by atoms with E-state index >= 15 is 0 Å². The zero-order chi connectivity index (χ0) is 10.9. The number of likely N-dealkylation sites (tertiary alicyclic amines) is 1. The van der Waals surface area contributed by atoms with Gasteiger partial charge in [-0.15, -0.1) is 11.8 Å². The second kappa shape index (κ2) is 3.89. The molecule has 2 fully saturated rings. The monoisotopic (exact) mass is 226 g/mol. The Morgan fingerprint density at radius 2 is 2.20 bits per heavy atom. The van der Waals surface area contributed by atoms with Crippen molar-refractivity contribution < 1.29 is 9.59 Å². The smallest absolute Gasteiger partial charge is 0.245 e. The van der Waals surface area contributed by atoms with Crippen molar-refractivity contribution >= 4 is 23.6 Å². The molecule has 5 heteroatoms. The third-order valence-electron chi connectivity index (χ3n) is 2.90. The molecule has 1 N–H and O–H groups in total. The summed E-state index contributed by atoms with van der Waals surface area (Å²) in [5.41, 5.74) is 0. The van der Waals surface area contributed by atoms with Crippen LogP contribution in [0.15, 0.2) is 12.7 Å².